The lowest BCUT2D eigenvalue weighted by molar-refractivity contribution is -0.137. The fourth-order valence-corrected chi connectivity index (χ4v) is 1.31. The van der Waals surface area contributed by atoms with E-state index in [9.17, 15) is 13.2 Å². The van der Waals surface area contributed by atoms with Crippen molar-refractivity contribution in [2.24, 2.45) is 11.7 Å². The predicted molar refractivity (Wildman–Crippen MR) is 69.9 cm³/mol. The van der Waals surface area contributed by atoms with Crippen molar-refractivity contribution in [1.29, 1.82) is 5.41 Å². The largest absolute Gasteiger partial charge is 0.416 e. The van der Waals surface area contributed by atoms with Crippen molar-refractivity contribution in [3.05, 3.63) is 41.7 Å². The molecule has 6 heteroatoms. The zero-order valence-electron chi connectivity index (χ0n) is 10.7. The molecule has 0 saturated heterocycles. The number of hydrogen-bond acceptors (Lipinski definition) is 3. The van der Waals surface area contributed by atoms with Crippen LogP contribution in [0.15, 0.2) is 36.2 Å². The Bertz CT molecular complexity index is 490. The molecule has 104 valence electrons. The Morgan fingerprint density at radius 3 is 2.53 bits per heavy atom. The van der Waals surface area contributed by atoms with Gasteiger partial charge in [-0.15, -0.1) is 0 Å². The third kappa shape index (κ3) is 4.65. The van der Waals surface area contributed by atoms with Crippen LogP contribution >= 0.6 is 0 Å². The fraction of sp³-hybridized carbons (Fsp3) is 0.308. The number of allylic oxidation sites excluding steroid dienone is 1. The van der Waals surface area contributed by atoms with Crippen LogP contribution in [-0.2, 0) is 6.18 Å². The molecule has 0 aliphatic heterocycles. The van der Waals surface area contributed by atoms with Crippen molar-refractivity contribution in [3.63, 3.8) is 0 Å². The summed E-state index contributed by atoms with van der Waals surface area (Å²) in [5.74, 6) is 0.139. The first-order chi connectivity index (χ1) is 8.70. The summed E-state index contributed by atoms with van der Waals surface area (Å²) in [6, 6.07) is 4.74. The molecule has 3 nitrogen and oxygen atoms in total. The first kappa shape index (κ1) is 15.1. The number of hydrogen-bond donors (Lipinski definition) is 3. The molecular formula is C13H16F3N3. The summed E-state index contributed by atoms with van der Waals surface area (Å²) in [5, 5.41) is 10.2. The van der Waals surface area contributed by atoms with Crippen molar-refractivity contribution in [2.45, 2.75) is 20.0 Å². The molecule has 0 atom stereocenters. The van der Waals surface area contributed by atoms with Crippen LogP contribution in [0.25, 0.3) is 0 Å². The number of alkyl halides is 3. The summed E-state index contributed by atoms with van der Waals surface area (Å²) < 4.78 is 37.5. The van der Waals surface area contributed by atoms with E-state index in [1.54, 1.807) is 0 Å². The molecule has 0 saturated carbocycles. The Labute approximate surface area is 109 Å². The van der Waals surface area contributed by atoms with Crippen molar-refractivity contribution in [3.8, 4) is 0 Å². The molecular weight excluding hydrogens is 255 g/mol. The van der Waals surface area contributed by atoms with Gasteiger partial charge in [0.2, 0.25) is 0 Å². The van der Waals surface area contributed by atoms with Gasteiger partial charge < -0.3 is 16.5 Å². The van der Waals surface area contributed by atoms with Crippen LogP contribution in [0.2, 0.25) is 0 Å². The predicted octanol–water partition coefficient (Wildman–Crippen LogP) is 3.59. The first-order valence-corrected chi connectivity index (χ1v) is 5.70. The SMILES string of the molecule is CC(C)C(=N)/C=C(/N)Nc1cccc(C(F)(F)F)c1. The quantitative estimate of drug-likeness (QED) is 0.733. The molecule has 0 aliphatic rings. The van der Waals surface area contributed by atoms with E-state index in [4.69, 9.17) is 11.1 Å². The Kier molecular flexibility index (Phi) is 4.58. The van der Waals surface area contributed by atoms with E-state index in [2.05, 4.69) is 5.32 Å². The van der Waals surface area contributed by atoms with Gasteiger partial charge in [-0.05, 0) is 30.2 Å². The van der Waals surface area contributed by atoms with Crippen molar-refractivity contribution < 1.29 is 13.2 Å². The third-order valence-electron chi connectivity index (χ3n) is 2.41. The minimum Gasteiger partial charge on any atom is -0.385 e. The number of nitrogens with two attached hydrogens (primary N) is 1. The maximum absolute atomic E-state index is 12.5. The van der Waals surface area contributed by atoms with Crippen LogP contribution in [0.3, 0.4) is 0 Å². The van der Waals surface area contributed by atoms with Crippen molar-refractivity contribution >= 4 is 11.4 Å². The molecule has 0 aromatic heterocycles. The molecule has 0 aliphatic carbocycles. The zero-order valence-corrected chi connectivity index (χ0v) is 10.7. The maximum Gasteiger partial charge on any atom is 0.416 e. The highest BCUT2D eigenvalue weighted by Gasteiger charge is 2.30. The summed E-state index contributed by atoms with van der Waals surface area (Å²) in [5.41, 5.74) is 5.42. The summed E-state index contributed by atoms with van der Waals surface area (Å²) in [6.07, 6.45) is -2.99. The van der Waals surface area contributed by atoms with Gasteiger partial charge in [-0.2, -0.15) is 13.2 Å². The first-order valence-electron chi connectivity index (χ1n) is 5.70. The average Bonchev–Trinajstić information content (AvgIpc) is 2.27. The van der Waals surface area contributed by atoms with E-state index < -0.39 is 11.7 Å². The van der Waals surface area contributed by atoms with Gasteiger partial charge in [-0.25, -0.2) is 0 Å². The molecule has 0 heterocycles. The molecule has 19 heavy (non-hydrogen) atoms. The smallest absolute Gasteiger partial charge is 0.385 e. The summed E-state index contributed by atoms with van der Waals surface area (Å²) in [4.78, 5) is 0. The molecule has 1 aromatic rings. The highest BCUT2D eigenvalue weighted by molar-refractivity contribution is 5.94. The standard InChI is InChI=1S/C13H16F3N3/c1-8(2)11(17)7-12(18)19-10-5-3-4-9(6-10)13(14,15)16/h3-8,17,19H,18H2,1-2H3/b12-7-,17-11?. The maximum atomic E-state index is 12.5. The zero-order chi connectivity index (χ0) is 14.6. The van der Waals surface area contributed by atoms with E-state index in [1.165, 1.54) is 18.2 Å². The van der Waals surface area contributed by atoms with Crippen LogP contribution in [0.5, 0.6) is 0 Å². The van der Waals surface area contributed by atoms with Gasteiger partial charge >= 0.3 is 6.18 Å². The van der Waals surface area contributed by atoms with Gasteiger partial charge in [0.15, 0.2) is 0 Å². The number of halogens is 3. The van der Waals surface area contributed by atoms with E-state index in [0.29, 0.717) is 5.71 Å². The number of nitrogens with one attached hydrogen (secondary N) is 2. The Morgan fingerprint density at radius 1 is 1.37 bits per heavy atom. The molecule has 0 radical (unpaired) electrons. The van der Waals surface area contributed by atoms with E-state index >= 15 is 0 Å². The van der Waals surface area contributed by atoms with Gasteiger partial charge in [0.05, 0.1) is 5.56 Å². The van der Waals surface area contributed by atoms with Gasteiger partial charge in [0.1, 0.15) is 5.82 Å². The van der Waals surface area contributed by atoms with E-state index in [0.717, 1.165) is 12.1 Å². The van der Waals surface area contributed by atoms with Crippen LogP contribution in [0, 0.1) is 11.3 Å². The molecule has 0 unspecified atom stereocenters. The second-order valence-corrected chi connectivity index (χ2v) is 4.41. The lowest BCUT2D eigenvalue weighted by Gasteiger charge is -2.11. The summed E-state index contributed by atoms with van der Waals surface area (Å²) >= 11 is 0. The highest BCUT2D eigenvalue weighted by Crippen LogP contribution is 2.30. The van der Waals surface area contributed by atoms with Gasteiger partial charge in [0, 0.05) is 11.4 Å². The fourth-order valence-electron chi connectivity index (χ4n) is 1.31. The molecule has 0 bridgehead atoms. The lowest BCUT2D eigenvalue weighted by atomic mass is 10.1. The molecule has 0 amide bonds. The van der Waals surface area contributed by atoms with Crippen molar-refractivity contribution in [2.75, 3.05) is 5.32 Å². The second kappa shape index (κ2) is 5.77. The summed E-state index contributed by atoms with van der Waals surface area (Å²) in [6.45, 7) is 3.66. The van der Waals surface area contributed by atoms with E-state index in [1.807, 2.05) is 13.8 Å². The van der Waals surface area contributed by atoms with E-state index in [-0.39, 0.29) is 17.4 Å². The van der Waals surface area contributed by atoms with Crippen LogP contribution in [0.1, 0.15) is 19.4 Å². The van der Waals surface area contributed by atoms with Crippen LogP contribution in [-0.4, -0.2) is 5.71 Å². The lowest BCUT2D eigenvalue weighted by Crippen LogP contribution is -2.14. The second-order valence-electron chi connectivity index (χ2n) is 4.41. The van der Waals surface area contributed by atoms with Gasteiger partial charge in [0.25, 0.3) is 0 Å². The molecule has 1 rings (SSSR count). The van der Waals surface area contributed by atoms with Gasteiger partial charge in [-0.3, -0.25) is 0 Å². The van der Waals surface area contributed by atoms with Gasteiger partial charge in [-0.1, -0.05) is 19.9 Å². The Hall–Kier alpha value is -1.98. The van der Waals surface area contributed by atoms with Crippen LogP contribution < -0.4 is 11.1 Å². The normalized spacial score (nSPS) is 12.6. The molecule has 4 N–H and O–H groups in total. The molecule has 1 aromatic carbocycles. The molecule has 0 fully saturated rings. The highest BCUT2D eigenvalue weighted by atomic mass is 19.4. The minimum atomic E-state index is -4.39. The average molecular weight is 271 g/mol. The number of rotatable bonds is 4. The monoisotopic (exact) mass is 271 g/mol. The number of anilines is 1. The van der Waals surface area contributed by atoms with Crippen LogP contribution in [0.4, 0.5) is 18.9 Å². The Balaban J connectivity index is 2.86. The summed E-state index contributed by atoms with van der Waals surface area (Å²) in [7, 11) is 0. The van der Waals surface area contributed by atoms with Crippen molar-refractivity contribution in [1.82, 2.24) is 0 Å². The topological polar surface area (TPSA) is 61.9 Å². The number of benzene rings is 1. The Morgan fingerprint density at radius 2 is 2.00 bits per heavy atom. The third-order valence-corrected chi connectivity index (χ3v) is 2.41. The minimum absolute atomic E-state index is 0.00172. The molecule has 0 spiro atoms.